The number of hydrogen-bond acceptors (Lipinski definition) is 5. The number of hydrogen-bond donors (Lipinski definition) is 1. The Labute approximate surface area is 140 Å². The average Bonchev–Trinajstić information content (AvgIpc) is 3.16. The number of methoxy groups -OCH3 is 2. The van der Waals surface area contributed by atoms with Crippen LogP contribution >= 0.6 is 0 Å². The number of rotatable bonds is 5. The summed E-state index contributed by atoms with van der Waals surface area (Å²) in [6, 6.07) is 12.5. The first-order valence-electron chi connectivity index (χ1n) is 7.58. The Kier molecular flexibility index (Phi) is 4.98. The molecule has 1 aliphatic rings. The van der Waals surface area contributed by atoms with Crippen molar-refractivity contribution in [3.05, 3.63) is 53.6 Å². The summed E-state index contributed by atoms with van der Waals surface area (Å²) in [5.74, 6) is 0.609. The summed E-state index contributed by atoms with van der Waals surface area (Å²) >= 11 is 0. The molecule has 0 radical (unpaired) electrons. The second-order valence-corrected chi connectivity index (χ2v) is 5.19. The topological polar surface area (TPSA) is 66.0 Å². The van der Waals surface area contributed by atoms with E-state index in [2.05, 4.69) is 5.32 Å². The summed E-state index contributed by atoms with van der Waals surface area (Å²) in [7, 11) is 3.03. The quantitative estimate of drug-likeness (QED) is 0.913. The molecule has 6 nitrogen and oxygen atoms in total. The fourth-order valence-electron chi connectivity index (χ4n) is 2.54. The van der Waals surface area contributed by atoms with E-state index in [0.29, 0.717) is 36.0 Å². The maximum absolute atomic E-state index is 12.6. The van der Waals surface area contributed by atoms with Gasteiger partial charge in [-0.2, -0.15) is 0 Å². The minimum atomic E-state index is -0.330. The molecule has 6 heteroatoms. The van der Waals surface area contributed by atoms with Crippen molar-refractivity contribution in [3.63, 3.8) is 0 Å². The van der Waals surface area contributed by atoms with Gasteiger partial charge in [0.15, 0.2) is 6.29 Å². The fourth-order valence-corrected chi connectivity index (χ4v) is 2.54. The fraction of sp³-hybridized carbons (Fsp3) is 0.278. The molecule has 24 heavy (non-hydrogen) atoms. The van der Waals surface area contributed by atoms with Crippen molar-refractivity contribution in [2.45, 2.75) is 6.29 Å². The zero-order valence-electron chi connectivity index (χ0n) is 13.6. The Morgan fingerprint density at radius 2 is 1.58 bits per heavy atom. The summed E-state index contributed by atoms with van der Waals surface area (Å²) in [4.78, 5) is 12.6. The minimum Gasteiger partial charge on any atom is -0.496 e. The lowest BCUT2D eigenvalue weighted by atomic mass is 10.1. The molecule has 0 bridgehead atoms. The molecule has 0 spiro atoms. The van der Waals surface area contributed by atoms with Crippen LogP contribution in [0.3, 0.4) is 0 Å². The molecule has 2 aromatic rings. The highest BCUT2D eigenvalue weighted by Gasteiger charge is 2.20. The zero-order chi connectivity index (χ0) is 16.9. The van der Waals surface area contributed by atoms with E-state index in [1.807, 2.05) is 12.1 Å². The molecule has 3 rings (SSSR count). The van der Waals surface area contributed by atoms with Gasteiger partial charge in [0.05, 0.1) is 27.4 Å². The van der Waals surface area contributed by atoms with Gasteiger partial charge in [-0.3, -0.25) is 4.79 Å². The Bertz CT molecular complexity index is 686. The number of nitrogens with one attached hydrogen (secondary N) is 1. The molecule has 0 unspecified atom stereocenters. The first kappa shape index (κ1) is 16.3. The lowest BCUT2D eigenvalue weighted by molar-refractivity contribution is -0.0441. The van der Waals surface area contributed by atoms with Crippen molar-refractivity contribution in [1.29, 1.82) is 0 Å². The summed E-state index contributed by atoms with van der Waals surface area (Å²) in [5, 5.41) is 2.84. The van der Waals surface area contributed by atoms with Crippen LogP contribution in [0.1, 0.15) is 22.2 Å². The van der Waals surface area contributed by atoms with Crippen molar-refractivity contribution in [1.82, 2.24) is 0 Å². The van der Waals surface area contributed by atoms with Crippen molar-refractivity contribution in [3.8, 4) is 11.5 Å². The normalized spacial score (nSPS) is 14.4. The maximum atomic E-state index is 12.6. The first-order valence-corrected chi connectivity index (χ1v) is 7.58. The van der Waals surface area contributed by atoms with Crippen molar-refractivity contribution >= 4 is 11.6 Å². The van der Waals surface area contributed by atoms with Gasteiger partial charge >= 0.3 is 0 Å². The molecule has 1 fully saturated rings. The highest BCUT2D eigenvalue weighted by atomic mass is 16.7. The van der Waals surface area contributed by atoms with Crippen molar-refractivity contribution < 1.29 is 23.7 Å². The van der Waals surface area contributed by atoms with Gasteiger partial charge in [0.1, 0.15) is 17.1 Å². The van der Waals surface area contributed by atoms with E-state index in [-0.39, 0.29) is 12.2 Å². The van der Waals surface area contributed by atoms with Gasteiger partial charge in [0.2, 0.25) is 0 Å². The molecule has 1 heterocycles. The largest absolute Gasteiger partial charge is 0.496 e. The predicted octanol–water partition coefficient (Wildman–Crippen LogP) is 3.00. The molecule has 126 valence electrons. The van der Waals surface area contributed by atoms with Gasteiger partial charge in [0, 0.05) is 11.3 Å². The van der Waals surface area contributed by atoms with E-state index in [1.165, 1.54) is 14.2 Å². The monoisotopic (exact) mass is 329 g/mol. The zero-order valence-corrected chi connectivity index (χ0v) is 13.6. The molecule has 1 aliphatic heterocycles. The minimum absolute atomic E-state index is 0.301. The smallest absolute Gasteiger partial charge is 0.263 e. The standard InChI is InChI=1S/C18H19NO5/c1-21-14-4-3-5-15(22-2)16(14)17(20)19-13-8-6-12(7-9-13)18-23-10-11-24-18/h3-9,18H,10-11H2,1-2H3,(H,19,20). The first-order chi connectivity index (χ1) is 11.7. The maximum Gasteiger partial charge on any atom is 0.263 e. The number of ether oxygens (including phenoxy) is 4. The third-order valence-electron chi connectivity index (χ3n) is 3.72. The molecule has 2 aromatic carbocycles. The van der Waals surface area contributed by atoms with Crippen LogP contribution in [0.4, 0.5) is 5.69 Å². The molecule has 0 saturated carbocycles. The summed E-state index contributed by atoms with van der Waals surface area (Å²) < 4.78 is 21.4. The number of carbonyl (C=O) groups is 1. The van der Waals surface area contributed by atoms with Crippen LogP contribution in [0.15, 0.2) is 42.5 Å². The van der Waals surface area contributed by atoms with Crippen LogP contribution < -0.4 is 14.8 Å². The summed E-state index contributed by atoms with van der Waals surface area (Å²) in [6.45, 7) is 1.19. The number of benzene rings is 2. The summed E-state index contributed by atoms with van der Waals surface area (Å²) in [6.07, 6.45) is -0.330. The Hall–Kier alpha value is -2.57. The molecule has 1 N–H and O–H groups in total. The molecular weight excluding hydrogens is 310 g/mol. The molecule has 1 amide bonds. The van der Waals surface area contributed by atoms with Gasteiger partial charge in [-0.1, -0.05) is 18.2 Å². The highest BCUT2D eigenvalue weighted by Crippen LogP contribution is 2.29. The van der Waals surface area contributed by atoms with Crippen molar-refractivity contribution in [2.75, 3.05) is 32.8 Å². The Morgan fingerprint density at radius 1 is 1.00 bits per heavy atom. The molecular formula is C18H19NO5. The van der Waals surface area contributed by atoms with E-state index >= 15 is 0 Å². The van der Waals surface area contributed by atoms with E-state index in [0.717, 1.165) is 5.56 Å². The third kappa shape index (κ3) is 3.34. The van der Waals surface area contributed by atoms with Crippen LogP contribution in [-0.2, 0) is 9.47 Å². The van der Waals surface area contributed by atoms with Crippen LogP contribution in [-0.4, -0.2) is 33.3 Å². The van der Waals surface area contributed by atoms with Gasteiger partial charge in [-0.25, -0.2) is 0 Å². The third-order valence-corrected chi connectivity index (χ3v) is 3.72. The summed E-state index contributed by atoms with van der Waals surface area (Å²) in [5.41, 5.74) is 1.93. The lowest BCUT2D eigenvalue weighted by Crippen LogP contribution is -2.14. The van der Waals surface area contributed by atoms with Crippen molar-refractivity contribution in [2.24, 2.45) is 0 Å². The predicted molar refractivity (Wildman–Crippen MR) is 88.6 cm³/mol. The molecule has 1 saturated heterocycles. The second-order valence-electron chi connectivity index (χ2n) is 5.19. The Balaban J connectivity index is 1.77. The van der Waals surface area contributed by atoms with Crippen LogP contribution in [0.2, 0.25) is 0 Å². The number of anilines is 1. The van der Waals surface area contributed by atoms with Crippen LogP contribution in [0, 0.1) is 0 Å². The van der Waals surface area contributed by atoms with Crippen LogP contribution in [0.5, 0.6) is 11.5 Å². The molecule has 0 aliphatic carbocycles. The van der Waals surface area contributed by atoms with Gasteiger partial charge in [-0.15, -0.1) is 0 Å². The second kappa shape index (κ2) is 7.33. The molecule has 0 atom stereocenters. The lowest BCUT2D eigenvalue weighted by Gasteiger charge is -2.14. The van der Waals surface area contributed by atoms with Gasteiger partial charge < -0.3 is 24.3 Å². The number of amides is 1. The van der Waals surface area contributed by atoms with E-state index < -0.39 is 0 Å². The van der Waals surface area contributed by atoms with Gasteiger partial charge in [-0.05, 0) is 24.3 Å². The van der Waals surface area contributed by atoms with E-state index in [4.69, 9.17) is 18.9 Å². The van der Waals surface area contributed by atoms with Gasteiger partial charge in [0.25, 0.3) is 5.91 Å². The number of carbonyl (C=O) groups excluding carboxylic acids is 1. The SMILES string of the molecule is COc1cccc(OC)c1C(=O)Nc1ccc(C2OCCO2)cc1. The highest BCUT2D eigenvalue weighted by molar-refractivity contribution is 6.08. The average molecular weight is 329 g/mol. The van der Waals surface area contributed by atoms with E-state index in [1.54, 1.807) is 30.3 Å². The van der Waals surface area contributed by atoms with Crippen LogP contribution in [0.25, 0.3) is 0 Å². The Morgan fingerprint density at radius 3 is 2.12 bits per heavy atom. The van der Waals surface area contributed by atoms with E-state index in [9.17, 15) is 4.79 Å². The molecule has 0 aromatic heterocycles.